The van der Waals surface area contributed by atoms with Gasteiger partial charge in [0, 0.05) is 12.3 Å². The summed E-state index contributed by atoms with van der Waals surface area (Å²) in [4.78, 5) is 11.4. The van der Waals surface area contributed by atoms with E-state index in [-0.39, 0.29) is 0 Å². The minimum atomic E-state index is 0.307. The minimum absolute atomic E-state index is 0.307. The SMILES string of the molecule is CC1=C[C@@H]2C=CC[C@@H]2[C@H]2CC(=O)[C@@H]12. The third-order valence-electron chi connectivity index (χ3n) is 3.97. The molecule has 0 aromatic heterocycles. The minimum Gasteiger partial charge on any atom is -0.299 e. The van der Waals surface area contributed by atoms with Crippen LogP contribution in [0, 0.1) is 23.7 Å². The lowest BCUT2D eigenvalue weighted by Gasteiger charge is -2.45. The van der Waals surface area contributed by atoms with E-state index < -0.39 is 0 Å². The third kappa shape index (κ3) is 0.849. The normalized spacial score (nSPS) is 46.5. The predicted octanol–water partition coefficient (Wildman–Crippen LogP) is 2.34. The molecule has 0 saturated heterocycles. The number of rotatable bonds is 0. The molecule has 0 heterocycles. The van der Waals surface area contributed by atoms with Crippen LogP contribution in [0.4, 0.5) is 0 Å². The molecule has 1 nitrogen and oxygen atoms in total. The summed E-state index contributed by atoms with van der Waals surface area (Å²) in [5.41, 5.74) is 1.33. The lowest BCUT2D eigenvalue weighted by atomic mass is 9.57. The molecule has 13 heavy (non-hydrogen) atoms. The van der Waals surface area contributed by atoms with Gasteiger partial charge in [-0.15, -0.1) is 0 Å². The van der Waals surface area contributed by atoms with E-state index in [1.54, 1.807) is 0 Å². The van der Waals surface area contributed by atoms with Crippen LogP contribution in [0.3, 0.4) is 0 Å². The molecule has 1 heteroatoms. The summed E-state index contributed by atoms with van der Waals surface area (Å²) in [6.07, 6.45) is 8.95. The summed E-state index contributed by atoms with van der Waals surface area (Å²) < 4.78 is 0. The van der Waals surface area contributed by atoms with E-state index in [0.717, 1.165) is 12.3 Å². The van der Waals surface area contributed by atoms with Gasteiger partial charge in [-0.25, -0.2) is 0 Å². The van der Waals surface area contributed by atoms with Crippen molar-refractivity contribution >= 4 is 5.78 Å². The highest BCUT2D eigenvalue weighted by Gasteiger charge is 2.49. The molecule has 0 spiro atoms. The zero-order valence-electron chi connectivity index (χ0n) is 7.86. The second kappa shape index (κ2) is 2.34. The number of carbonyl (C=O) groups excluding carboxylic acids is 1. The topological polar surface area (TPSA) is 17.1 Å². The molecule has 68 valence electrons. The lowest BCUT2D eigenvalue weighted by Crippen LogP contribution is -2.45. The summed E-state index contributed by atoms with van der Waals surface area (Å²) in [7, 11) is 0. The molecule has 1 saturated carbocycles. The third-order valence-corrected chi connectivity index (χ3v) is 3.97. The fraction of sp³-hybridized carbons (Fsp3) is 0.583. The molecular weight excluding hydrogens is 160 g/mol. The number of carbonyl (C=O) groups is 1. The lowest BCUT2D eigenvalue weighted by molar-refractivity contribution is -0.135. The molecule has 0 unspecified atom stereocenters. The first kappa shape index (κ1) is 7.54. The van der Waals surface area contributed by atoms with Gasteiger partial charge in [0.25, 0.3) is 0 Å². The fourth-order valence-electron chi connectivity index (χ4n) is 3.28. The van der Waals surface area contributed by atoms with Crippen LogP contribution < -0.4 is 0 Å². The quantitative estimate of drug-likeness (QED) is 0.515. The van der Waals surface area contributed by atoms with Crippen LogP contribution in [0.5, 0.6) is 0 Å². The van der Waals surface area contributed by atoms with Gasteiger partial charge >= 0.3 is 0 Å². The fourth-order valence-corrected chi connectivity index (χ4v) is 3.28. The molecule has 0 N–H and O–H groups in total. The van der Waals surface area contributed by atoms with Crippen molar-refractivity contribution in [2.75, 3.05) is 0 Å². The smallest absolute Gasteiger partial charge is 0.140 e. The molecule has 3 rings (SSSR count). The molecule has 0 amide bonds. The van der Waals surface area contributed by atoms with Crippen LogP contribution >= 0.6 is 0 Å². The van der Waals surface area contributed by atoms with E-state index >= 15 is 0 Å². The number of allylic oxidation sites excluding steroid dienone is 4. The number of fused-ring (bicyclic) bond motifs is 3. The largest absolute Gasteiger partial charge is 0.299 e. The van der Waals surface area contributed by atoms with E-state index in [0.29, 0.717) is 23.5 Å². The summed E-state index contributed by atoms with van der Waals surface area (Å²) in [6, 6.07) is 0. The van der Waals surface area contributed by atoms with E-state index in [1.807, 2.05) is 0 Å². The molecule has 0 aromatic carbocycles. The molecule has 0 bridgehead atoms. The number of hydrogen-bond acceptors (Lipinski definition) is 1. The van der Waals surface area contributed by atoms with Crippen molar-refractivity contribution in [1.29, 1.82) is 0 Å². The van der Waals surface area contributed by atoms with Crippen LogP contribution in [0.15, 0.2) is 23.8 Å². The Morgan fingerprint density at radius 1 is 1.38 bits per heavy atom. The molecule has 0 radical (unpaired) electrons. The average Bonchev–Trinajstić information content (AvgIpc) is 2.47. The van der Waals surface area contributed by atoms with Crippen LogP contribution in [0.2, 0.25) is 0 Å². The Hall–Kier alpha value is -0.850. The summed E-state index contributed by atoms with van der Waals surface area (Å²) in [5, 5.41) is 0. The van der Waals surface area contributed by atoms with Gasteiger partial charge in [-0.05, 0) is 31.1 Å². The summed E-state index contributed by atoms with van der Waals surface area (Å²) in [6.45, 7) is 2.12. The van der Waals surface area contributed by atoms with Gasteiger partial charge in [0.05, 0.1) is 0 Å². The highest BCUT2D eigenvalue weighted by molar-refractivity contribution is 5.90. The molecule has 0 aliphatic heterocycles. The zero-order valence-corrected chi connectivity index (χ0v) is 7.86. The van der Waals surface area contributed by atoms with Crippen molar-refractivity contribution in [3.05, 3.63) is 23.8 Å². The monoisotopic (exact) mass is 174 g/mol. The van der Waals surface area contributed by atoms with E-state index in [9.17, 15) is 4.79 Å². The maximum absolute atomic E-state index is 11.4. The van der Waals surface area contributed by atoms with Gasteiger partial charge in [-0.1, -0.05) is 23.8 Å². The van der Waals surface area contributed by atoms with Crippen molar-refractivity contribution in [3.8, 4) is 0 Å². The molecule has 1 fully saturated rings. The Kier molecular flexibility index (Phi) is 1.36. The van der Waals surface area contributed by atoms with Gasteiger partial charge in [-0.3, -0.25) is 4.79 Å². The molecule has 0 aromatic rings. The van der Waals surface area contributed by atoms with Crippen molar-refractivity contribution < 1.29 is 4.79 Å². The maximum Gasteiger partial charge on any atom is 0.140 e. The molecule has 3 aliphatic rings. The standard InChI is InChI=1S/C12H14O/c1-7-5-8-3-2-4-9(8)10-6-11(13)12(7)10/h2-3,5,8-10,12H,4,6H2,1H3/t8-,9-,10+,12-/m0/s1. The van der Waals surface area contributed by atoms with E-state index in [4.69, 9.17) is 0 Å². The van der Waals surface area contributed by atoms with Crippen LogP contribution in [-0.4, -0.2) is 5.78 Å². The number of Topliss-reactive ketones (excluding diaryl/α,β-unsaturated/α-hetero) is 1. The Morgan fingerprint density at radius 2 is 2.23 bits per heavy atom. The Labute approximate surface area is 78.5 Å². The molecule has 3 aliphatic carbocycles. The zero-order chi connectivity index (χ0) is 9.00. The summed E-state index contributed by atoms with van der Waals surface area (Å²) >= 11 is 0. The second-order valence-electron chi connectivity index (χ2n) is 4.63. The maximum atomic E-state index is 11.4. The van der Waals surface area contributed by atoms with Gasteiger partial charge in [-0.2, -0.15) is 0 Å². The van der Waals surface area contributed by atoms with E-state index in [2.05, 4.69) is 25.2 Å². The predicted molar refractivity (Wildman–Crippen MR) is 51.1 cm³/mol. The first-order valence-electron chi connectivity index (χ1n) is 5.15. The van der Waals surface area contributed by atoms with E-state index in [1.165, 1.54) is 12.0 Å². The first-order chi connectivity index (χ1) is 6.27. The van der Waals surface area contributed by atoms with Gasteiger partial charge in [0.1, 0.15) is 5.78 Å². The Balaban J connectivity index is 1.98. The average molecular weight is 174 g/mol. The second-order valence-corrected chi connectivity index (χ2v) is 4.63. The summed E-state index contributed by atoms with van der Waals surface area (Å²) in [5.74, 6) is 2.86. The van der Waals surface area contributed by atoms with Crippen LogP contribution in [0.1, 0.15) is 19.8 Å². The van der Waals surface area contributed by atoms with Crippen molar-refractivity contribution in [1.82, 2.24) is 0 Å². The first-order valence-corrected chi connectivity index (χ1v) is 5.15. The number of ketones is 1. The van der Waals surface area contributed by atoms with Crippen molar-refractivity contribution in [2.45, 2.75) is 19.8 Å². The van der Waals surface area contributed by atoms with Crippen LogP contribution in [0.25, 0.3) is 0 Å². The molecular formula is C12H14O. The van der Waals surface area contributed by atoms with Crippen LogP contribution in [-0.2, 0) is 4.79 Å². The Morgan fingerprint density at radius 3 is 3.00 bits per heavy atom. The molecule has 4 atom stereocenters. The Bertz CT molecular complexity index is 324. The van der Waals surface area contributed by atoms with Crippen molar-refractivity contribution in [2.24, 2.45) is 23.7 Å². The van der Waals surface area contributed by atoms with Gasteiger partial charge in [0.15, 0.2) is 0 Å². The van der Waals surface area contributed by atoms with Crippen molar-refractivity contribution in [3.63, 3.8) is 0 Å². The van der Waals surface area contributed by atoms with Gasteiger partial charge < -0.3 is 0 Å². The number of hydrogen-bond donors (Lipinski definition) is 0. The highest BCUT2D eigenvalue weighted by atomic mass is 16.1. The van der Waals surface area contributed by atoms with Gasteiger partial charge in [0.2, 0.25) is 0 Å². The highest BCUT2D eigenvalue weighted by Crippen LogP contribution is 2.51.